The van der Waals surface area contributed by atoms with Gasteiger partial charge in [-0.25, -0.2) is 14.6 Å². The van der Waals surface area contributed by atoms with E-state index in [0.717, 1.165) is 32.0 Å². The molecule has 0 amide bonds. The second-order valence-electron chi connectivity index (χ2n) is 5.17. The lowest BCUT2D eigenvalue weighted by Crippen LogP contribution is -2.47. The van der Waals surface area contributed by atoms with Crippen molar-refractivity contribution in [2.75, 3.05) is 43.1 Å². The van der Waals surface area contributed by atoms with Gasteiger partial charge in [-0.15, -0.1) is 0 Å². The molecule has 1 aliphatic rings. The van der Waals surface area contributed by atoms with Crippen molar-refractivity contribution in [2.24, 2.45) is 7.05 Å². The van der Waals surface area contributed by atoms with Gasteiger partial charge in [0.25, 0.3) is 5.56 Å². The number of aryl methyl sites for hydroxylation is 1. The minimum atomic E-state index is -0.285. The van der Waals surface area contributed by atoms with Gasteiger partial charge in [0.05, 0.1) is 19.0 Å². The van der Waals surface area contributed by atoms with Gasteiger partial charge in [-0.3, -0.25) is 4.79 Å². The van der Waals surface area contributed by atoms with Crippen LogP contribution < -0.4 is 20.1 Å². The molecule has 23 heavy (non-hydrogen) atoms. The van der Waals surface area contributed by atoms with Crippen LogP contribution in [-0.4, -0.2) is 53.0 Å². The van der Waals surface area contributed by atoms with Crippen LogP contribution in [0.3, 0.4) is 0 Å². The molecule has 1 fully saturated rings. The number of hydrogen-bond donors (Lipinski definition) is 0. The maximum Gasteiger partial charge on any atom is 0.287 e. The lowest BCUT2D eigenvalue weighted by Gasteiger charge is -2.36. The minimum Gasteiger partial charge on any atom is -0.481 e. The van der Waals surface area contributed by atoms with Crippen molar-refractivity contribution in [1.82, 2.24) is 19.7 Å². The third kappa shape index (κ3) is 3.07. The van der Waals surface area contributed by atoms with Crippen LogP contribution in [0.15, 0.2) is 23.4 Å². The van der Waals surface area contributed by atoms with Gasteiger partial charge in [0, 0.05) is 39.3 Å². The van der Waals surface area contributed by atoms with Crippen LogP contribution in [0, 0.1) is 0 Å². The van der Waals surface area contributed by atoms with E-state index in [9.17, 15) is 4.79 Å². The molecule has 2 aromatic heterocycles. The molecule has 0 aromatic carbocycles. The van der Waals surface area contributed by atoms with Gasteiger partial charge < -0.3 is 14.5 Å². The zero-order chi connectivity index (χ0) is 16.4. The van der Waals surface area contributed by atoms with E-state index in [2.05, 4.69) is 24.9 Å². The summed E-state index contributed by atoms with van der Waals surface area (Å²) in [6.07, 6.45) is 3.12. The van der Waals surface area contributed by atoms with Crippen molar-refractivity contribution < 1.29 is 4.74 Å². The summed E-state index contributed by atoms with van der Waals surface area (Å²) < 4.78 is 6.36. The molecule has 0 unspecified atom stereocenters. The topological polar surface area (TPSA) is 76.4 Å². The molecular formula is C14H17ClN6O2. The van der Waals surface area contributed by atoms with Crippen molar-refractivity contribution in [3.63, 3.8) is 0 Å². The molecule has 1 aliphatic heterocycles. The predicted octanol–water partition coefficient (Wildman–Crippen LogP) is 0.559. The summed E-state index contributed by atoms with van der Waals surface area (Å²) >= 11 is 6.16. The van der Waals surface area contributed by atoms with Crippen molar-refractivity contribution in [1.29, 1.82) is 0 Å². The molecular weight excluding hydrogens is 320 g/mol. The van der Waals surface area contributed by atoms with E-state index in [0.29, 0.717) is 11.6 Å². The Bertz CT molecular complexity index is 757. The molecule has 2 aromatic rings. The number of piperazine rings is 1. The second-order valence-corrected chi connectivity index (χ2v) is 5.54. The summed E-state index contributed by atoms with van der Waals surface area (Å²) in [5.74, 6) is 1.36. The summed E-state index contributed by atoms with van der Waals surface area (Å²) in [5, 5.41) is 4.25. The molecule has 9 heteroatoms. The van der Waals surface area contributed by atoms with E-state index >= 15 is 0 Å². The Morgan fingerprint density at radius 1 is 1.17 bits per heavy atom. The molecule has 0 atom stereocenters. The first-order valence-electron chi connectivity index (χ1n) is 7.18. The molecule has 0 bridgehead atoms. The zero-order valence-electron chi connectivity index (χ0n) is 12.9. The zero-order valence-corrected chi connectivity index (χ0v) is 13.7. The van der Waals surface area contributed by atoms with E-state index in [-0.39, 0.29) is 10.6 Å². The highest BCUT2D eigenvalue weighted by Gasteiger charge is 2.22. The van der Waals surface area contributed by atoms with Crippen LogP contribution >= 0.6 is 11.6 Å². The average Bonchev–Trinajstić information content (AvgIpc) is 2.60. The Morgan fingerprint density at radius 3 is 2.57 bits per heavy atom. The normalized spacial score (nSPS) is 14.9. The van der Waals surface area contributed by atoms with Crippen LogP contribution in [0.1, 0.15) is 0 Å². The van der Waals surface area contributed by atoms with Crippen molar-refractivity contribution in [3.05, 3.63) is 34.0 Å². The van der Waals surface area contributed by atoms with Crippen LogP contribution in [-0.2, 0) is 7.05 Å². The average molecular weight is 337 g/mol. The molecule has 1 saturated heterocycles. The van der Waals surface area contributed by atoms with Crippen molar-refractivity contribution >= 4 is 23.1 Å². The lowest BCUT2D eigenvalue weighted by molar-refractivity contribution is 0.396. The largest absolute Gasteiger partial charge is 0.481 e. The fourth-order valence-electron chi connectivity index (χ4n) is 2.51. The third-order valence-corrected chi connectivity index (χ3v) is 4.20. The van der Waals surface area contributed by atoms with Gasteiger partial charge in [-0.2, -0.15) is 5.10 Å². The number of hydrogen-bond acceptors (Lipinski definition) is 7. The number of rotatable bonds is 3. The maximum absolute atomic E-state index is 11.9. The smallest absolute Gasteiger partial charge is 0.287 e. The Labute approximate surface area is 138 Å². The number of anilines is 2. The fraction of sp³-hybridized carbons (Fsp3) is 0.429. The highest BCUT2D eigenvalue weighted by Crippen LogP contribution is 2.24. The van der Waals surface area contributed by atoms with Crippen LogP contribution in [0.2, 0.25) is 5.02 Å². The Hall–Kier alpha value is -2.35. The summed E-state index contributed by atoms with van der Waals surface area (Å²) in [6.45, 7) is 2.96. The molecule has 3 heterocycles. The van der Waals surface area contributed by atoms with Crippen molar-refractivity contribution in [3.8, 4) is 5.88 Å². The van der Waals surface area contributed by atoms with Gasteiger partial charge >= 0.3 is 0 Å². The number of methoxy groups -OCH3 is 1. The number of halogens is 1. The molecule has 0 saturated carbocycles. The molecule has 0 spiro atoms. The van der Waals surface area contributed by atoms with E-state index in [1.807, 2.05) is 6.07 Å². The monoisotopic (exact) mass is 336 g/mol. The van der Waals surface area contributed by atoms with E-state index < -0.39 is 0 Å². The molecule has 0 radical (unpaired) electrons. The van der Waals surface area contributed by atoms with Crippen LogP contribution in [0.25, 0.3) is 0 Å². The van der Waals surface area contributed by atoms with E-state index in [4.69, 9.17) is 16.3 Å². The molecule has 0 aliphatic carbocycles. The molecule has 3 rings (SSSR count). The van der Waals surface area contributed by atoms with Gasteiger partial charge in [-0.1, -0.05) is 11.6 Å². The van der Waals surface area contributed by atoms with Crippen LogP contribution in [0.4, 0.5) is 11.5 Å². The first-order valence-corrected chi connectivity index (χ1v) is 7.55. The molecule has 0 N–H and O–H groups in total. The third-order valence-electron chi connectivity index (χ3n) is 3.84. The quantitative estimate of drug-likeness (QED) is 0.810. The van der Waals surface area contributed by atoms with Crippen LogP contribution in [0.5, 0.6) is 5.88 Å². The van der Waals surface area contributed by atoms with Gasteiger partial charge in [0.1, 0.15) is 17.2 Å². The summed E-state index contributed by atoms with van der Waals surface area (Å²) in [5.41, 5.74) is 0.391. The first kappa shape index (κ1) is 15.5. The molecule has 122 valence electrons. The second kappa shape index (κ2) is 6.41. The summed E-state index contributed by atoms with van der Waals surface area (Å²) in [4.78, 5) is 24.4. The Kier molecular flexibility index (Phi) is 4.33. The van der Waals surface area contributed by atoms with E-state index in [1.54, 1.807) is 20.4 Å². The lowest BCUT2D eigenvalue weighted by atomic mass is 10.3. The molecule has 8 nitrogen and oxygen atoms in total. The highest BCUT2D eigenvalue weighted by molar-refractivity contribution is 6.33. The summed E-state index contributed by atoms with van der Waals surface area (Å²) in [6, 6.07) is 1.81. The van der Waals surface area contributed by atoms with Gasteiger partial charge in [0.15, 0.2) is 0 Å². The summed E-state index contributed by atoms with van der Waals surface area (Å²) in [7, 11) is 3.16. The fourth-order valence-corrected chi connectivity index (χ4v) is 2.80. The van der Waals surface area contributed by atoms with Gasteiger partial charge in [0.2, 0.25) is 5.88 Å². The number of nitrogens with zero attached hydrogens (tertiary/aromatic N) is 6. The highest BCUT2D eigenvalue weighted by atomic mass is 35.5. The van der Waals surface area contributed by atoms with Gasteiger partial charge in [-0.05, 0) is 0 Å². The SMILES string of the molecule is COc1cc(N2CCN(c3cnn(C)c(=O)c3Cl)CC2)ncn1. The predicted molar refractivity (Wildman–Crippen MR) is 87.5 cm³/mol. The minimum absolute atomic E-state index is 0.208. The number of aromatic nitrogens is 4. The Morgan fingerprint density at radius 2 is 1.87 bits per heavy atom. The standard InChI is InChI=1S/C14H17ClN6O2/c1-19-14(22)13(15)10(8-18-19)20-3-5-21(6-4-20)11-7-12(23-2)17-9-16-11/h7-9H,3-6H2,1-2H3. The van der Waals surface area contributed by atoms with E-state index in [1.165, 1.54) is 11.0 Å². The maximum atomic E-state index is 11.9. The first-order chi connectivity index (χ1) is 11.1. The van der Waals surface area contributed by atoms with Crippen molar-refractivity contribution in [2.45, 2.75) is 0 Å². The number of ether oxygens (including phenoxy) is 1. The Balaban J connectivity index is 1.73.